The molecule has 2 heteroatoms. The summed E-state index contributed by atoms with van der Waals surface area (Å²) in [5.74, 6) is 0. The molecule has 0 amide bonds. The van der Waals surface area contributed by atoms with Crippen molar-refractivity contribution in [2.45, 2.75) is 55.4 Å². The van der Waals surface area contributed by atoms with Crippen LogP contribution in [-0.4, -0.2) is 0 Å². The van der Waals surface area contributed by atoms with Gasteiger partial charge in [-0.05, 0) is 38.5 Å². The van der Waals surface area contributed by atoms with Crippen molar-refractivity contribution >= 4 is 41.8 Å². The summed E-state index contributed by atoms with van der Waals surface area (Å²) in [6.45, 7) is 16.0. The van der Waals surface area contributed by atoms with Gasteiger partial charge < -0.3 is 5.73 Å². The van der Waals surface area contributed by atoms with Crippen LogP contribution in [0.15, 0.2) is 72.8 Å². The SMILES string of the molecule is CC.CC.CC.CC.Nc1ccc2ccccc2c1-c1c(P)ccc2ccccc12. The molecule has 30 heavy (non-hydrogen) atoms. The summed E-state index contributed by atoms with van der Waals surface area (Å²) < 4.78 is 0. The lowest BCUT2D eigenvalue weighted by Crippen LogP contribution is -2.01. The Morgan fingerprint density at radius 1 is 0.500 bits per heavy atom. The molecule has 0 fully saturated rings. The number of fused-ring (bicyclic) bond motifs is 2. The van der Waals surface area contributed by atoms with Gasteiger partial charge in [-0.1, -0.05) is 122 Å². The summed E-state index contributed by atoms with van der Waals surface area (Å²) in [4.78, 5) is 0. The van der Waals surface area contributed by atoms with Crippen molar-refractivity contribution in [1.82, 2.24) is 0 Å². The molecule has 0 spiro atoms. The fourth-order valence-corrected chi connectivity index (χ4v) is 3.53. The topological polar surface area (TPSA) is 26.0 Å². The smallest absolute Gasteiger partial charge is 0.0400 e. The number of rotatable bonds is 1. The van der Waals surface area contributed by atoms with E-state index in [9.17, 15) is 0 Å². The third-order valence-corrected chi connectivity index (χ3v) is 4.65. The van der Waals surface area contributed by atoms with E-state index < -0.39 is 0 Å². The van der Waals surface area contributed by atoms with Crippen molar-refractivity contribution in [2.24, 2.45) is 0 Å². The Bertz CT molecular complexity index is 922. The highest BCUT2D eigenvalue weighted by molar-refractivity contribution is 7.28. The molecular formula is C28H40NP. The number of benzene rings is 4. The second-order valence-corrected chi connectivity index (χ2v) is 6.12. The molecule has 2 N–H and O–H groups in total. The van der Waals surface area contributed by atoms with Gasteiger partial charge in [0.2, 0.25) is 0 Å². The first-order chi connectivity index (χ1) is 14.8. The van der Waals surface area contributed by atoms with E-state index in [0.717, 1.165) is 11.3 Å². The van der Waals surface area contributed by atoms with Crippen LogP contribution in [0.2, 0.25) is 0 Å². The van der Waals surface area contributed by atoms with Gasteiger partial charge in [0.1, 0.15) is 0 Å². The number of hydrogen-bond acceptors (Lipinski definition) is 1. The van der Waals surface area contributed by atoms with E-state index in [0.29, 0.717) is 0 Å². The lowest BCUT2D eigenvalue weighted by Gasteiger charge is -2.15. The van der Waals surface area contributed by atoms with E-state index in [1.54, 1.807) is 0 Å². The second kappa shape index (κ2) is 15.5. The first-order valence-electron chi connectivity index (χ1n) is 11.3. The average molecular weight is 422 g/mol. The molecule has 0 aliphatic rings. The maximum Gasteiger partial charge on any atom is 0.0400 e. The van der Waals surface area contributed by atoms with Crippen LogP contribution in [0.4, 0.5) is 5.69 Å². The fourth-order valence-electron chi connectivity index (χ4n) is 3.13. The molecule has 0 radical (unpaired) electrons. The summed E-state index contributed by atoms with van der Waals surface area (Å²) in [5, 5.41) is 6.04. The molecule has 0 saturated heterocycles. The van der Waals surface area contributed by atoms with E-state index in [4.69, 9.17) is 5.73 Å². The molecule has 4 aromatic carbocycles. The summed E-state index contributed by atoms with van der Waals surface area (Å²) in [6.07, 6.45) is 0. The monoisotopic (exact) mass is 421 g/mol. The van der Waals surface area contributed by atoms with Crippen LogP contribution in [0.1, 0.15) is 55.4 Å². The minimum Gasteiger partial charge on any atom is -0.398 e. The predicted octanol–water partition coefficient (Wildman–Crippen LogP) is 8.85. The molecule has 4 aromatic rings. The molecule has 0 bridgehead atoms. The van der Waals surface area contributed by atoms with Gasteiger partial charge in [0, 0.05) is 11.3 Å². The van der Waals surface area contributed by atoms with E-state index >= 15 is 0 Å². The molecule has 0 aliphatic heterocycles. The molecule has 0 aromatic heterocycles. The normalized spacial score (nSPS) is 8.97. The highest BCUT2D eigenvalue weighted by atomic mass is 31.0. The van der Waals surface area contributed by atoms with Gasteiger partial charge in [0.05, 0.1) is 0 Å². The summed E-state index contributed by atoms with van der Waals surface area (Å²) in [5.41, 5.74) is 9.52. The number of anilines is 1. The van der Waals surface area contributed by atoms with Gasteiger partial charge in [-0.15, -0.1) is 9.24 Å². The van der Waals surface area contributed by atoms with Gasteiger partial charge >= 0.3 is 0 Å². The standard InChI is InChI=1S/C20H16NP.4C2H6/c21-17-11-9-13-5-1-3-7-15(13)19(17)20-16-8-4-2-6-14(16)10-12-18(20)22;4*1-2/h1-12H,21-22H2;4*1-2H3. The highest BCUT2D eigenvalue weighted by Gasteiger charge is 2.13. The van der Waals surface area contributed by atoms with E-state index in [1.807, 2.05) is 61.5 Å². The zero-order valence-corrected chi connectivity index (χ0v) is 21.2. The minimum atomic E-state index is 0.818. The molecule has 1 atom stereocenters. The molecule has 0 aliphatic carbocycles. The Morgan fingerprint density at radius 3 is 1.40 bits per heavy atom. The van der Waals surface area contributed by atoms with Crippen LogP contribution in [0.5, 0.6) is 0 Å². The Morgan fingerprint density at radius 2 is 0.900 bits per heavy atom. The van der Waals surface area contributed by atoms with E-state index in [2.05, 4.69) is 76.0 Å². The van der Waals surface area contributed by atoms with Gasteiger partial charge in [-0.2, -0.15) is 0 Å². The Hall–Kier alpha value is -2.37. The number of nitrogen functional groups attached to an aromatic ring is 1. The summed E-state index contributed by atoms with van der Waals surface area (Å²) in [7, 11) is 2.85. The van der Waals surface area contributed by atoms with Crippen molar-refractivity contribution < 1.29 is 0 Å². The highest BCUT2D eigenvalue weighted by Crippen LogP contribution is 2.37. The maximum atomic E-state index is 6.37. The van der Waals surface area contributed by atoms with Crippen LogP contribution in [0, 0.1) is 0 Å². The van der Waals surface area contributed by atoms with Crippen LogP contribution in [-0.2, 0) is 0 Å². The fraction of sp³-hybridized carbons (Fsp3) is 0.286. The van der Waals surface area contributed by atoms with Crippen molar-refractivity contribution in [3.63, 3.8) is 0 Å². The zero-order chi connectivity index (χ0) is 23.1. The Balaban J connectivity index is 0.000000948. The molecule has 0 saturated carbocycles. The van der Waals surface area contributed by atoms with Gasteiger partial charge in [0.15, 0.2) is 0 Å². The Kier molecular flexibility index (Phi) is 14.2. The quantitative estimate of drug-likeness (QED) is 0.241. The lowest BCUT2D eigenvalue weighted by molar-refractivity contribution is 1.50. The van der Waals surface area contributed by atoms with Crippen molar-refractivity contribution in [1.29, 1.82) is 0 Å². The minimum absolute atomic E-state index is 0.818. The molecule has 0 heterocycles. The van der Waals surface area contributed by atoms with Crippen LogP contribution < -0.4 is 11.0 Å². The first-order valence-corrected chi connectivity index (χ1v) is 11.9. The van der Waals surface area contributed by atoms with Crippen LogP contribution in [0.3, 0.4) is 0 Å². The third kappa shape index (κ3) is 6.31. The Labute approximate surface area is 186 Å². The zero-order valence-electron chi connectivity index (χ0n) is 20.1. The lowest BCUT2D eigenvalue weighted by atomic mass is 9.92. The molecule has 4 rings (SSSR count). The largest absolute Gasteiger partial charge is 0.398 e. The second-order valence-electron chi connectivity index (χ2n) is 5.50. The number of nitrogens with two attached hydrogens (primary N) is 1. The summed E-state index contributed by atoms with van der Waals surface area (Å²) in [6, 6.07) is 25.3. The average Bonchev–Trinajstić information content (AvgIpc) is 2.85. The third-order valence-electron chi connectivity index (χ3n) is 4.17. The van der Waals surface area contributed by atoms with E-state index in [1.165, 1.54) is 32.4 Å². The number of hydrogen-bond donors (Lipinski definition) is 1. The van der Waals surface area contributed by atoms with Crippen molar-refractivity contribution in [3.8, 4) is 11.1 Å². The van der Waals surface area contributed by atoms with Crippen LogP contribution in [0.25, 0.3) is 32.7 Å². The van der Waals surface area contributed by atoms with Crippen molar-refractivity contribution in [3.05, 3.63) is 72.8 Å². The van der Waals surface area contributed by atoms with Gasteiger partial charge in [-0.25, -0.2) is 0 Å². The van der Waals surface area contributed by atoms with Crippen molar-refractivity contribution in [2.75, 3.05) is 5.73 Å². The summed E-state index contributed by atoms with van der Waals surface area (Å²) >= 11 is 0. The van der Waals surface area contributed by atoms with Gasteiger partial charge in [-0.3, -0.25) is 0 Å². The molecule has 162 valence electrons. The molecule has 1 unspecified atom stereocenters. The maximum absolute atomic E-state index is 6.37. The predicted molar refractivity (Wildman–Crippen MR) is 146 cm³/mol. The first kappa shape index (κ1) is 27.6. The molecule has 1 nitrogen and oxygen atoms in total. The van der Waals surface area contributed by atoms with Gasteiger partial charge in [0.25, 0.3) is 0 Å². The molecular weight excluding hydrogens is 381 g/mol. The van der Waals surface area contributed by atoms with Crippen LogP contribution >= 0.6 is 9.24 Å². The van der Waals surface area contributed by atoms with E-state index in [-0.39, 0.29) is 0 Å².